The first kappa shape index (κ1) is 12.6. The summed E-state index contributed by atoms with van der Waals surface area (Å²) >= 11 is 0. The van der Waals surface area contributed by atoms with Crippen LogP contribution in [0.5, 0.6) is 0 Å². The number of nitrogens with zero attached hydrogens (tertiary/aromatic N) is 1. The largest absolute Gasteiger partial charge is 0.303 e. The standard InChI is InChI=1S/C14H15NO3/c16-9-13-6-7-15(14(8-13)10-17)18-11-12-4-2-1-3-5-12/h1-5,9,13H,6-8,11H2. The molecule has 1 aromatic carbocycles. The maximum Gasteiger partial charge on any atom is 0.148 e. The van der Waals surface area contributed by atoms with Gasteiger partial charge in [0.05, 0.1) is 6.61 Å². The normalized spacial score (nSPS) is 19.4. The first-order chi connectivity index (χ1) is 8.83. The van der Waals surface area contributed by atoms with Crippen LogP contribution in [0.3, 0.4) is 0 Å². The quantitative estimate of drug-likeness (QED) is 0.599. The minimum Gasteiger partial charge on any atom is -0.303 e. The molecule has 0 N–H and O–H groups in total. The van der Waals surface area contributed by atoms with Gasteiger partial charge in [0.15, 0.2) is 0 Å². The topological polar surface area (TPSA) is 46.6 Å². The highest BCUT2D eigenvalue weighted by molar-refractivity contribution is 5.58. The Kier molecular flexibility index (Phi) is 4.29. The number of hydrogen-bond donors (Lipinski definition) is 0. The van der Waals surface area contributed by atoms with E-state index in [1.165, 1.54) is 0 Å². The molecule has 1 atom stereocenters. The van der Waals surface area contributed by atoms with Gasteiger partial charge in [0.2, 0.25) is 0 Å². The van der Waals surface area contributed by atoms with Crippen LogP contribution in [0.25, 0.3) is 0 Å². The molecule has 1 aromatic rings. The molecule has 1 aliphatic heterocycles. The molecule has 0 radical (unpaired) electrons. The lowest BCUT2D eigenvalue weighted by Gasteiger charge is -2.30. The average Bonchev–Trinajstić information content (AvgIpc) is 2.46. The molecule has 2 rings (SSSR count). The molecule has 0 amide bonds. The van der Waals surface area contributed by atoms with Gasteiger partial charge in [-0.1, -0.05) is 30.3 Å². The first-order valence-electron chi connectivity index (χ1n) is 5.97. The number of piperidine rings is 1. The zero-order chi connectivity index (χ0) is 12.8. The fourth-order valence-electron chi connectivity index (χ4n) is 1.95. The lowest BCUT2D eigenvalue weighted by Crippen LogP contribution is -2.32. The van der Waals surface area contributed by atoms with Gasteiger partial charge in [-0.05, 0) is 12.0 Å². The summed E-state index contributed by atoms with van der Waals surface area (Å²) in [4.78, 5) is 27.1. The molecule has 0 aliphatic carbocycles. The van der Waals surface area contributed by atoms with E-state index in [0.29, 0.717) is 31.7 Å². The highest BCUT2D eigenvalue weighted by atomic mass is 16.7. The molecule has 4 heteroatoms. The summed E-state index contributed by atoms with van der Waals surface area (Å²) in [5.41, 5.74) is 1.47. The predicted octanol–water partition coefficient (Wildman–Crippen LogP) is 1.74. The van der Waals surface area contributed by atoms with Gasteiger partial charge in [0, 0.05) is 18.9 Å². The van der Waals surface area contributed by atoms with Crippen LogP contribution in [-0.4, -0.2) is 23.8 Å². The number of benzene rings is 1. The van der Waals surface area contributed by atoms with Gasteiger partial charge in [-0.2, -0.15) is 0 Å². The van der Waals surface area contributed by atoms with Crippen LogP contribution < -0.4 is 0 Å². The van der Waals surface area contributed by atoms with Crippen LogP contribution in [0, 0.1) is 5.92 Å². The third kappa shape index (κ3) is 3.06. The van der Waals surface area contributed by atoms with E-state index in [4.69, 9.17) is 4.84 Å². The third-order valence-corrected chi connectivity index (χ3v) is 3.00. The number of hydroxylamine groups is 2. The summed E-state index contributed by atoms with van der Waals surface area (Å²) < 4.78 is 0. The van der Waals surface area contributed by atoms with E-state index in [0.717, 1.165) is 11.8 Å². The van der Waals surface area contributed by atoms with Gasteiger partial charge in [-0.3, -0.25) is 4.84 Å². The van der Waals surface area contributed by atoms with Crippen molar-refractivity contribution in [1.29, 1.82) is 0 Å². The zero-order valence-electron chi connectivity index (χ0n) is 10.0. The molecular weight excluding hydrogens is 230 g/mol. The minimum absolute atomic E-state index is 0.0852. The molecule has 1 aliphatic rings. The second-order valence-corrected chi connectivity index (χ2v) is 4.30. The van der Waals surface area contributed by atoms with Crippen LogP contribution in [0.15, 0.2) is 36.0 Å². The van der Waals surface area contributed by atoms with Gasteiger partial charge < -0.3 is 4.79 Å². The second kappa shape index (κ2) is 6.15. The Labute approximate surface area is 106 Å². The van der Waals surface area contributed by atoms with Crippen LogP contribution in [0.1, 0.15) is 18.4 Å². The van der Waals surface area contributed by atoms with E-state index in [2.05, 4.69) is 0 Å². The molecule has 0 saturated carbocycles. The van der Waals surface area contributed by atoms with E-state index in [1.54, 1.807) is 5.06 Å². The molecular formula is C14H15NO3. The number of rotatable bonds is 4. The maximum atomic E-state index is 10.8. The van der Waals surface area contributed by atoms with Crippen molar-refractivity contribution < 1.29 is 14.4 Å². The lowest BCUT2D eigenvalue weighted by atomic mass is 9.97. The Morgan fingerprint density at radius 3 is 2.83 bits per heavy atom. The summed E-state index contributed by atoms with van der Waals surface area (Å²) in [6.07, 6.45) is 2.02. The number of aldehydes is 1. The van der Waals surface area contributed by atoms with Crippen molar-refractivity contribution in [1.82, 2.24) is 5.06 Å². The van der Waals surface area contributed by atoms with Crippen LogP contribution in [0.2, 0.25) is 0 Å². The smallest absolute Gasteiger partial charge is 0.148 e. The number of carbonyl (C=O) groups is 1. The summed E-state index contributed by atoms with van der Waals surface area (Å²) in [6.45, 7) is 0.971. The number of carbonyl (C=O) groups excluding carboxylic acids is 2. The summed E-state index contributed by atoms with van der Waals surface area (Å²) in [6, 6.07) is 9.74. The fourth-order valence-corrected chi connectivity index (χ4v) is 1.95. The zero-order valence-corrected chi connectivity index (χ0v) is 10.0. The highest BCUT2D eigenvalue weighted by Crippen LogP contribution is 2.23. The lowest BCUT2D eigenvalue weighted by molar-refractivity contribution is -0.156. The Bertz CT molecular complexity index is 451. The van der Waals surface area contributed by atoms with E-state index >= 15 is 0 Å². The van der Waals surface area contributed by atoms with Crippen molar-refractivity contribution in [2.45, 2.75) is 19.4 Å². The van der Waals surface area contributed by atoms with Crippen molar-refractivity contribution in [3.8, 4) is 0 Å². The molecule has 1 fully saturated rings. The van der Waals surface area contributed by atoms with Crippen LogP contribution >= 0.6 is 0 Å². The van der Waals surface area contributed by atoms with Crippen molar-refractivity contribution >= 4 is 12.2 Å². The second-order valence-electron chi connectivity index (χ2n) is 4.30. The monoisotopic (exact) mass is 245 g/mol. The SMILES string of the molecule is O=C=C1CC(C=O)CCN1OCc1ccccc1. The molecule has 1 heterocycles. The van der Waals surface area contributed by atoms with Gasteiger partial charge in [0.1, 0.15) is 17.9 Å². The molecule has 0 bridgehead atoms. The van der Waals surface area contributed by atoms with Crippen molar-refractivity contribution in [2.75, 3.05) is 6.54 Å². The highest BCUT2D eigenvalue weighted by Gasteiger charge is 2.24. The molecule has 1 saturated heterocycles. The Morgan fingerprint density at radius 2 is 2.17 bits per heavy atom. The van der Waals surface area contributed by atoms with Crippen LogP contribution in [-0.2, 0) is 21.0 Å². The van der Waals surface area contributed by atoms with Crippen molar-refractivity contribution in [3.05, 3.63) is 41.6 Å². The Morgan fingerprint density at radius 1 is 1.39 bits per heavy atom. The van der Waals surface area contributed by atoms with Gasteiger partial charge in [-0.15, -0.1) is 0 Å². The van der Waals surface area contributed by atoms with Gasteiger partial charge >= 0.3 is 0 Å². The maximum absolute atomic E-state index is 10.8. The van der Waals surface area contributed by atoms with E-state index < -0.39 is 0 Å². The number of hydrogen-bond acceptors (Lipinski definition) is 4. The molecule has 1 unspecified atom stereocenters. The Hall–Kier alpha value is -1.90. The van der Waals surface area contributed by atoms with Gasteiger partial charge in [-0.25, -0.2) is 9.86 Å². The summed E-state index contributed by atoms with van der Waals surface area (Å²) in [7, 11) is 0. The molecule has 94 valence electrons. The van der Waals surface area contributed by atoms with E-state index in [1.807, 2.05) is 36.3 Å². The summed E-state index contributed by atoms with van der Waals surface area (Å²) in [5.74, 6) is 1.78. The molecule has 4 nitrogen and oxygen atoms in total. The molecule has 0 aromatic heterocycles. The van der Waals surface area contributed by atoms with E-state index in [9.17, 15) is 9.59 Å². The fraction of sp³-hybridized carbons (Fsp3) is 0.357. The molecule has 0 spiro atoms. The van der Waals surface area contributed by atoms with E-state index in [-0.39, 0.29) is 5.92 Å². The Balaban J connectivity index is 1.93. The van der Waals surface area contributed by atoms with Crippen LogP contribution in [0.4, 0.5) is 0 Å². The van der Waals surface area contributed by atoms with Crippen molar-refractivity contribution in [2.24, 2.45) is 5.92 Å². The van der Waals surface area contributed by atoms with Gasteiger partial charge in [0.25, 0.3) is 0 Å². The molecule has 18 heavy (non-hydrogen) atoms. The van der Waals surface area contributed by atoms with Crippen molar-refractivity contribution in [3.63, 3.8) is 0 Å². The number of allylic oxidation sites excluding steroid dienone is 1. The minimum atomic E-state index is -0.0852. The predicted molar refractivity (Wildman–Crippen MR) is 65.9 cm³/mol. The summed E-state index contributed by atoms with van der Waals surface area (Å²) in [5, 5.41) is 1.56. The average molecular weight is 245 g/mol. The first-order valence-corrected chi connectivity index (χ1v) is 5.97. The third-order valence-electron chi connectivity index (χ3n) is 3.00.